The second-order valence-corrected chi connectivity index (χ2v) is 5.61. The van der Waals surface area contributed by atoms with E-state index in [1.807, 2.05) is 12.1 Å². The van der Waals surface area contributed by atoms with Crippen LogP contribution in [-0.4, -0.2) is 27.2 Å². The SMILES string of the molecule is CC(NCC1C=CCCC1)c1cccc(-c2nn[nH]n2)c1. The number of hydrogen-bond acceptors (Lipinski definition) is 4. The second-order valence-electron chi connectivity index (χ2n) is 5.61. The van der Waals surface area contributed by atoms with E-state index in [9.17, 15) is 0 Å². The lowest BCUT2D eigenvalue weighted by molar-refractivity contribution is 0.460. The van der Waals surface area contributed by atoms with Crippen molar-refractivity contribution in [1.29, 1.82) is 0 Å². The first-order valence-electron chi connectivity index (χ1n) is 7.57. The lowest BCUT2D eigenvalue weighted by Gasteiger charge is -2.21. The highest BCUT2D eigenvalue weighted by Crippen LogP contribution is 2.21. The Balaban J connectivity index is 1.64. The molecule has 3 rings (SSSR count). The first-order valence-corrected chi connectivity index (χ1v) is 7.57. The molecule has 1 aromatic carbocycles. The van der Waals surface area contributed by atoms with Gasteiger partial charge in [-0.05, 0) is 48.9 Å². The molecule has 1 aromatic heterocycles. The number of nitrogens with one attached hydrogen (secondary N) is 2. The number of aromatic amines is 1. The third kappa shape index (κ3) is 3.55. The summed E-state index contributed by atoms with van der Waals surface area (Å²) in [6.45, 7) is 3.23. The minimum absolute atomic E-state index is 0.312. The summed E-state index contributed by atoms with van der Waals surface area (Å²) >= 11 is 0. The van der Waals surface area contributed by atoms with E-state index < -0.39 is 0 Å². The number of benzene rings is 1. The molecular weight excluding hydrogens is 262 g/mol. The minimum Gasteiger partial charge on any atom is -0.310 e. The molecule has 1 heterocycles. The van der Waals surface area contributed by atoms with Crippen LogP contribution in [0.2, 0.25) is 0 Å². The van der Waals surface area contributed by atoms with Gasteiger partial charge in [-0.1, -0.05) is 30.4 Å². The van der Waals surface area contributed by atoms with Gasteiger partial charge in [-0.3, -0.25) is 0 Å². The van der Waals surface area contributed by atoms with Gasteiger partial charge in [0, 0.05) is 18.2 Å². The number of H-pyrrole nitrogens is 1. The lowest BCUT2D eigenvalue weighted by Crippen LogP contribution is -2.25. The van der Waals surface area contributed by atoms with E-state index in [-0.39, 0.29) is 0 Å². The highest BCUT2D eigenvalue weighted by molar-refractivity contribution is 5.55. The molecule has 0 amide bonds. The molecule has 0 saturated heterocycles. The van der Waals surface area contributed by atoms with Crippen molar-refractivity contribution in [2.45, 2.75) is 32.2 Å². The number of aromatic nitrogens is 4. The van der Waals surface area contributed by atoms with Gasteiger partial charge in [0.05, 0.1) is 0 Å². The van der Waals surface area contributed by atoms with Crippen LogP contribution in [0.15, 0.2) is 36.4 Å². The van der Waals surface area contributed by atoms with Crippen molar-refractivity contribution in [1.82, 2.24) is 25.9 Å². The van der Waals surface area contributed by atoms with Crippen LogP contribution in [0.4, 0.5) is 0 Å². The highest BCUT2D eigenvalue weighted by Gasteiger charge is 2.12. The van der Waals surface area contributed by atoms with Crippen molar-refractivity contribution < 1.29 is 0 Å². The summed E-state index contributed by atoms with van der Waals surface area (Å²) in [5, 5.41) is 17.8. The summed E-state index contributed by atoms with van der Waals surface area (Å²) in [5.41, 5.74) is 2.24. The first kappa shape index (κ1) is 13.9. The largest absolute Gasteiger partial charge is 0.310 e. The third-order valence-corrected chi connectivity index (χ3v) is 4.03. The van der Waals surface area contributed by atoms with Gasteiger partial charge in [0.1, 0.15) is 0 Å². The Morgan fingerprint density at radius 1 is 1.43 bits per heavy atom. The van der Waals surface area contributed by atoms with Crippen LogP contribution in [0.25, 0.3) is 11.4 Å². The summed E-state index contributed by atoms with van der Waals surface area (Å²) in [5.74, 6) is 1.31. The number of hydrogen-bond donors (Lipinski definition) is 2. The molecule has 5 heteroatoms. The molecule has 0 fully saturated rings. The van der Waals surface area contributed by atoms with E-state index in [2.05, 4.69) is 57.1 Å². The summed E-state index contributed by atoms with van der Waals surface area (Å²) < 4.78 is 0. The van der Waals surface area contributed by atoms with E-state index in [0.717, 1.165) is 12.1 Å². The molecule has 1 aliphatic rings. The Labute approximate surface area is 124 Å². The topological polar surface area (TPSA) is 66.5 Å². The van der Waals surface area contributed by atoms with Gasteiger partial charge >= 0.3 is 0 Å². The van der Waals surface area contributed by atoms with E-state index in [1.54, 1.807) is 0 Å². The third-order valence-electron chi connectivity index (χ3n) is 4.03. The van der Waals surface area contributed by atoms with Gasteiger partial charge in [-0.25, -0.2) is 0 Å². The van der Waals surface area contributed by atoms with Crippen LogP contribution in [-0.2, 0) is 0 Å². The molecular formula is C16H21N5. The predicted octanol–water partition coefficient (Wildman–Crippen LogP) is 2.87. The van der Waals surface area contributed by atoms with E-state index in [0.29, 0.717) is 17.8 Å². The monoisotopic (exact) mass is 283 g/mol. The van der Waals surface area contributed by atoms with Crippen molar-refractivity contribution in [3.63, 3.8) is 0 Å². The molecule has 0 bridgehead atoms. The van der Waals surface area contributed by atoms with Gasteiger partial charge in [0.15, 0.2) is 0 Å². The Morgan fingerprint density at radius 3 is 3.14 bits per heavy atom. The second kappa shape index (κ2) is 6.63. The molecule has 0 spiro atoms. The zero-order valence-electron chi connectivity index (χ0n) is 12.3. The predicted molar refractivity (Wildman–Crippen MR) is 82.5 cm³/mol. The van der Waals surface area contributed by atoms with Crippen LogP contribution in [0.3, 0.4) is 0 Å². The molecule has 0 aliphatic heterocycles. The Kier molecular flexibility index (Phi) is 4.40. The van der Waals surface area contributed by atoms with E-state index >= 15 is 0 Å². The maximum absolute atomic E-state index is 4.03. The fourth-order valence-electron chi connectivity index (χ4n) is 2.73. The summed E-state index contributed by atoms with van der Waals surface area (Å²) in [6, 6.07) is 8.62. The van der Waals surface area contributed by atoms with Crippen molar-refractivity contribution >= 4 is 0 Å². The van der Waals surface area contributed by atoms with E-state index in [4.69, 9.17) is 0 Å². The first-order chi connectivity index (χ1) is 10.3. The fraction of sp³-hybridized carbons (Fsp3) is 0.438. The number of nitrogens with zero attached hydrogens (tertiary/aromatic N) is 3. The highest BCUT2D eigenvalue weighted by atomic mass is 15.5. The van der Waals surface area contributed by atoms with Gasteiger partial charge in [-0.15, -0.1) is 10.2 Å². The molecule has 0 saturated carbocycles. The van der Waals surface area contributed by atoms with Crippen LogP contribution in [0.5, 0.6) is 0 Å². The zero-order valence-corrected chi connectivity index (χ0v) is 12.3. The molecule has 21 heavy (non-hydrogen) atoms. The molecule has 5 nitrogen and oxygen atoms in total. The van der Waals surface area contributed by atoms with E-state index in [1.165, 1.54) is 24.8 Å². The molecule has 1 aliphatic carbocycles. The Morgan fingerprint density at radius 2 is 2.38 bits per heavy atom. The summed E-state index contributed by atoms with van der Waals surface area (Å²) in [7, 11) is 0. The van der Waals surface area contributed by atoms with Crippen LogP contribution < -0.4 is 5.32 Å². The van der Waals surface area contributed by atoms with Gasteiger partial charge in [-0.2, -0.15) is 5.21 Å². The van der Waals surface area contributed by atoms with Crippen molar-refractivity contribution in [3.8, 4) is 11.4 Å². The molecule has 110 valence electrons. The fourth-order valence-corrected chi connectivity index (χ4v) is 2.73. The van der Waals surface area contributed by atoms with Crippen molar-refractivity contribution in [2.75, 3.05) is 6.54 Å². The van der Waals surface area contributed by atoms with Crippen LogP contribution in [0, 0.1) is 5.92 Å². The molecule has 0 radical (unpaired) electrons. The minimum atomic E-state index is 0.312. The van der Waals surface area contributed by atoms with Crippen LogP contribution in [0.1, 0.15) is 37.8 Å². The standard InChI is InChI=1S/C16H21N5/c1-12(17-11-13-6-3-2-4-7-13)14-8-5-9-15(10-14)16-18-20-21-19-16/h3,5-6,8-10,12-13,17H,2,4,7,11H2,1H3,(H,18,19,20,21). The molecule has 2 atom stereocenters. The van der Waals surface area contributed by atoms with Gasteiger partial charge < -0.3 is 5.32 Å². The zero-order chi connectivity index (χ0) is 14.5. The Hall–Kier alpha value is -2.01. The maximum atomic E-state index is 4.03. The van der Waals surface area contributed by atoms with Crippen LogP contribution >= 0.6 is 0 Å². The molecule has 2 N–H and O–H groups in total. The number of allylic oxidation sites excluding steroid dienone is 1. The van der Waals surface area contributed by atoms with Gasteiger partial charge in [0.25, 0.3) is 0 Å². The number of tetrazole rings is 1. The lowest BCUT2D eigenvalue weighted by atomic mass is 9.95. The average molecular weight is 283 g/mol. The van der Waals surface area contributed by atoms with Crippen molar-refractivity contribution in [3.05, 3.63) is 42.0 Å². The average Bonchev–Trinajstić information content (AvgIpc) is 3.08. The smallest absolute Gasteiger partial charge is 0.204 e. The summed E-state index contributed by atoms with van der Waals surface area (Å²) in [4.78, 5) is 0. The maximum Gasteiger partial charge on any atom is 0.204 e. The molecule has 2 unspecified atom stereocenters. The van der Waals surface area contributed by atoms with Gasteiger partial charge in [0.2, 0.25) is 5.82 Å². The molecule has 2 aromatic rings. The quantitative estimate of drug-likeness (QED) is 0.828. The summed E-state index contributed by atoms with van der Waals surface area (Å²) in [6.07, 6.45) is 8.48. The number of rotatable bonds is 5. The van der Waals surface area contributed by atoms with Crippen molar-refractivity contribution in [2.24, 2.45) is 5.92 Å². The Bertz CT molecular complexity index is 590. The normalized spacial score (nSPS) is 19.6.